The predicted molar refractivity (Wildman–Crippen MR) is 147 cm³/mol. The van der Waals surface area contributed by atoms with E-state index in [0.717, 1.165) is 67.2 Å². The van der Waals surface area contributed by atoms with Gasteiger partial charge in [0.2, 0.25) is 5.95 Å². The van der Waals surface area contributed by atoms with Crippen molar-refractivity contribution in [1.29, 1.82) is 5.26 Å². The molecule has 6 nitrogen and oxygen atoms in total. The van der Waals surface area contributed by atoms with Gasteiger partial charge in [0.15, 0.2) is 6.61 Å². The van der Waals surface area contributed by atoms with Crippen molar-refractivity contribution in [2.45, 2.75) is 31.8 Å². The fraction of sp³-hybridized carbons (Fsp3) is 0.310. The third-order valence-corrected chi connectivity index (χ3v) is 6.77. The first-order valence-electron chi connectivity index (χ1n) is 12.5. The summed E-state index contributed by atoms with van der Waals surface area (Å²) in [5.41, 5.74) is 4.35. The van der Waals surface area contributed by atoms with E-state index in [0.29, 0.717) is 12.6 Å². The van der Waals surface area contributed by atoms with Crippen molar-refractivity contribution in [1.82, 2.24) is 14.5 Å². The highest BCUT2D eigenvalue weighted by atomic mass is 35.5. The van der Waals surface area contributed by atoms with Crippen LogP contribution in [0.25, 0.3) is 11.0 Å². The van der Waals surface area contributed by atoms with Gasteiger partial charge in [0.1, 0.15) is 17.6 Å². The van der Waals surface area contributed by atoms with Crippen molar-refractivity contribution in [3.8, 4) is 11.8 Å². The number of ether oxygens (including phenoxy) is 1. The minimum atomic E-state index is -0.221. The van der Waals surface area contributed by atoms with E-state index in [-0.39, 0.29) is 24.8 Å². The Hall–Kier alpha value is -3.60. The molecule has 0 spiro atoms. The third-order valence-electron chi connectivity index (χ3n) is 6.77. The average Bonchev–Trinajstić information content (AvgIpc) is 3.25. The van der Waals surface area contributed by atoms with Crippen LogP contribution in [0.3, 0.4) is 0 Å². The minimum Gasteiger partial charge on any atom is -0.479 e. The molecule has 0 atom stereocenters. The first-order chi connectivity index (χ1) is 17.7. The van der Waals surface area contributed by atoms with E-state index < -0.39 is 0 Å². The molecule has 37 heavy (non-hydrogen) atoms. The number of para-hydroxylation sites is 2. The molecule has 0 unspecified atom stereocenters. The van der Waals surface area contributed by atoms with Gasteiger partial charge in [-0.2, -0.15) is 5.26 Å². The molecular formula is C29H31ClFN5O. The SMILES string of the molecule is Cl.N#CCOc1ccc(CCN2CCC(Nc3nc4ccccc4n3Cc3ccc(F)cc3)CC2)cc1. The molecule has 0 radical (unpaired) electrons. The lowest BCUT2D eigenvalue weighted by Gasteiger charge is -2.32. The van der Waals surface area contributed by atoms with Crippen LogP contribution in [0.2, 0.25) is 0 Å². The maximum Gasteiger partial charge on any atom is 0.204 e. The second-order valence-electron chi connectivity index (χ2n) is 9.24. The number of nitrogens with one attached hydrogen (secondary N) is 1. The number of likely N-dealkylation sites (tertiary alicyclic amines) is 1. The molecule has 0 saturated carbocycles. The molecule has 5 rings (SSSR count). The number of nitriles is 1. The van der Waals surface area contributed by atoms with Gasteiger partial charge in [-0.3, -0.25) is 0 Å². The van der Waals surface area contributed by atoms with Gasteiger partial charge >= 0.3 is 0 Å². The van der Waals surface area contributed by atoms with E-state index in [4.69, 9.17) is 15.0 Å². The number of benzene rings is 3. The van der Waals surface area contributed by atoms with Gasteiger partial charge in [0, 0.05) is 25.7 Å². The van der Waals surface area contributed by atoms with Gasteiger partial charge in [0.25, 0.3) is 0 Å². The lowest BCUT2D eigenvalue weighted by Crippen LogP contribution is -2.40. The number of aromatic nitrogens is 2. The number of rotatable bonds is 9. The van der Waals surface area contributed by atoms with E-state index >= 15 is 0 Å². The predicted octanol–water partition coefficient (Wildman–Crippen LogP) is 5.67. The second-order valence-corrected chi connectivity index (χ2v) is 9.24. The lowest BCUT2D eigenvalue weighted by molar-refractivity contribution is 0.221. The third kappa shape index (κ3) is 6.79. The van der Waals surface area contributed by atoms with Gasteiger partial charge in [-0.1, -0.05) is 36.4 Å². The summed E-state index contributed by atoms with van der Waals surface area (Å²) in [5, 5.41) is 12.3. The van der Waals surface area contributed by atoms with Crippen molar-refractivity contribution in [2.24, 2.45) is 0 Å². The van der Waals surface area contributed by atoms with E-state index in [1.165, 1.54) is 17.7 Å². The number of hydrogen-bond donors (Lipinski definition) is 1. The van der Waals surface area contributed by atoms with Crippen LogP contribution < -0.4 is 10.1 Å². The van der Waals surface area contributed by atoms with E-state index in [2.05, 4.69) is 33.0 Å². The highest BCUT2D eigenvalue weighted by Gasteiger charge is 2.21. The van der Waals surface area contributed by atoms with Gasteiger partial charge in [-0.15, -0.1) is 12.4 Å². The van der Waals surface area contributed by atoms with Crippen LogP contribution in [-0.2, 0) is 13.0 Å². The van der Waals surface area contributed by atoms with Crippen molar-refractivity contribution >= 4 is 29.4 Å². The maximum atomic E-state index is 13.4. The quantitative estimate of drug-likeness (QED) is 0.309. The summed E-state index contributed by atoms with van der Waals surface area (Å²) < 4.78 is 20.9. The Bertz CT molecular complexity index is 1330. The first-order valence-corrected chi connectivity index (χ1v) is 12.5. The molecule has 0 amide bonds. The van der Waals surface area contributed by atoms with Gasteiger partial charge in [-0.25, -0.2) is 9.37 Å². The van der Waals surface area contributed by atoms with Crippen LogP contribution in [0, 0.1) is 17.1 Å². The van der Waals surface area contributed by atoms with E-state index in [9.17, 15) is 4.39 Å². The van der Waals surface area contributed by atoms with E-state index in [1.807, 2.05) is 48.5 Å². The smallest absolute Gasteiger partial charge is 0.204 e. The van der Waals surface area contributed by atoms with Gasteiger partial charge in [-0.05, 0) is 66.8 Å². The number of hydrogen-bond acceptors (Lipinski definition) is 5. The van der Waals surface area contributed by atoms with Crippen LogP contribution in [0.4, 0.5) is 10.3 Å². The molecule has 1 aromatic heterocycles. The number of fused-ring (bicyclic) bond motifs is 1. The number of nitrogens with zero attached hydrogens (tertiary/aromatic N) is 4. The maximum absolute atomic E-state index is 13.4. The Labute approximate surface area is 223 Å². The standard InChI is InChI=1S/C29H30FN5O.ClH/c30-24-9-5-23(6-10-24)21-35-28-4-2-1-3-27(28)33-29(35)32-25-14-18-34(19-15-25)17-13-22-7-11-26(12-8-22)36-20-16-31;/h1-12,25H,13-15,17-21H2,(H,32,33);1H. The number of imidazole rings is 1. The summed E-state index contributed by atoms with van der Waals surface area (Å²) in [4.78, 5) is 7.39. The number of piperidine rings is 1. The first kappa shape index (κ1) is 26.5. The summed E-state index contributed by atoms with van der Waals surface area (Å²) in [6.45, 7) is 3.82. The zero-order valence-electron chi connectivity index (χ0n) is 20.6. The summed E-state index contributed by atoms with van der Waals surface area (Å²) in [5.74, 6) is 1.39. The van der Waals surface area contributed by atoms with Crippen molar-refractivity contribution in [3.05, 3.63) is 89.7 Å². The van der Waals surface area contributed by atoms with Crippen LogP contribution in [0.1, 0.15) is 24.0 Å². The molecule has 3 aromatic carbocycles. The van der Waals surface area contributed by atoms with Crippen molar-refractivity contribution < 1.29 is 9.13 Å². The normalized spacial score (nSPS) is 14.2. The molecule has 2 heterocycles. The molecule has 1 fully saturated rings. The van der Waals surface area contributed by atoms with Crippen LogP contribution in [0.5, 0.6) is 5.75 Å². The molecule has 1 aliphatic rings. The monoisotopic (exact) mass is 519 g/mol. The highest BCUT2D eigenvalue weighted by Crippen LogP contribution is 2.24. The second kappa shape index (κ2) is 12.6. The zero-order chi connectivity index (χ0) is 24.7. The molecule has 0 aliphatic carbocycles. The zero-order valence-corrected chi connectivity index (χ0v) is 21.5. The van der Waals surface area contributed by atoms with Gasteiger partial charge < -0.3 is 19.5 Å². The molecule has 1 saturated heterocycles. The Balaban J connectivity index is 0.00000320. The summed E-state index contributed by atoms with van der Waals surface area (Å²) in [7, 11) is 0. The Morgan fingerprint density at radius 1 is 0.973 bits per heavy atom. The molecule has 8 heteroatoms. The van der Waals surface area contributed by atoms with Gasteiger partial charge in [0.05, 0.1) is 17.6 Å². The topological polar surface area (TPSA) is 66.1 Å². The van der Waals surface area contributed by atoms with Crippen LogP contribution in [0.15, 0.2) is 72.8 Å². The lowest BCUT2D eigenvalue weighted by atomic mass is 10.0. The molecule has 1 N–H and O–H groups in total. The van der Waals surface area contributed by atoms with Crippen LogP contribution >= 0.6 is 12.4 Å². The fourth-order valence-electron chi connectivity index (χ4n) is 4.76. The Kier molecular flexibility index (Phi) is 8.99. The minimum absolute atomic E-state index is 0. The van der Waals surface area contributed by atoms with Crippen LogP contribution in [-0.4, -0.2) is 46.7 Å². The summed E-state index contributed by atoms with van der Waals surface area (Å²) >= 11 is 0. The Morgan fingerprint density at radius 2 is 1.68 bits per heavy atom. The number of halogens is 2. The summed E-state index contributed by atoms with van der Waals surface area (Å²) in [6, 6.07) is 25.2. The molecular weight excluding hydrogens is 489 g/mol. The van der Waals surface area contributed by atoms with Crippen molar-refractivity contribution in [3.63, 3.8) is 0 Å². The average molecular weight is 520 g/mol. The highest BCUT2D eigenvalue weighted by molar-refractivity contribution is 5.85. The largest absolute Gasteiger partial charge is 0.479 e. The van der Waals surface area contributed by atoms with Crippen molar-refractivity contribution in [2.75, 3.05) is 31.6 Å². The Morgan fingerprint density at radius 3 is 2.41 bits per heavy atom. The summed E-state index contributed by atoms with van der Waals surface area (Å²) in [6.07, 6.45) is 3.10. The molecule has 1 aliphatic heterocycles. The molecule has 192 valence electrons. The number of anilines is 1. The molecule has 0 bridgehead atoms. The fourth-order valence-corrected chi connectivity index (χ4v) is 4.76. The molecule has 4 aromatic rings. The van der Waals surface area contributed by atoms with E-state index in [1.54, 1.807) is 0 Å².